The van der Waals surface area contributed by atoms with Gasteiger partial charge in [-0.05, 0) is 56.4 Å². The molecule has 33 heavy (non-hydrogen) atoms. The molecule has 2 fully saturated rings. The highest BCUT2D eigenvalue weighted by Gasteiger charge is 2.27. The van der Waals surface area contributed by atoms with Crippen molar-refractivity contribution in [1.82, 2.24) is 9.88 Å². The Morgan fingerprint density at radius 2 is 1.79 bits per heavy atom. The van der Waals surface area contributed by atoms with Crippen LogP contribution in [0, 0.1) is 0 Å². The second-order valence-corrected chi connectivity index (χ2v) is 9.27. The first-order valence-electron chi connectivity index (χ1n) is 12.1. The fraction of sp³-hybridized carbons (Fsp3) is 0.444. The first-order valence-corrected chi connectivity index (χ1v) is 12.1. The summed E-state index contributed by atoms with van der Waals surface area (Å²) >= 11 is 0. The molecule has 0 unspecified atom stereocenters. The van der Waals surface area contributed by atoms with E-state index in [0.717, 1.165) is 59.3 Å². The Balaban J connectivity index is 1.47. The van der Waals surface area contributed by atoms with Gasteiger partial charge in [0.2, 0.25) is 0 Å². The minimum atomic E-state index is 0.0128. The predicted octanol–water partition coefficient (Wildman–Crippen LogP) is 5.31. The van der Waals surface area contributed by atoms with Crippen LogP contribution in [-0.4, -0.2) is 36.8 Å². The van der Waals surface area contributed by atoms with Crippen LogP contribution in [0.2, 0.25) is 0 Å². The maximum Gasteiger partial charge on any atom is 0.251 e. The molecule has 174 valence electrons. The number of nitrogens with one attached hydrogen (secondary N) is 1. The fourth-order valence-corrected chi connectivity index (χ4v) is 5.09. The molecule has 2 aliphatic rings. The third kappa shape index (κ3) is 4.32. The number of amides is 1. The van der Waals surface area contributed by atoms with Crippen molar-refractivity contribution in [3.05, 3.63) is 48.0 Å². The molecular weight excluding hydrogens is 414 g/mol. The lowest BCUT2D eigenvalue weighted by Crippen LogP contribution is -2.32. The van der Waals surface area contributed by atoms with Gasteiger partial charge in [0, 0.05) is 41.8 Å². The molecular formula is C27H33N3O3. The normalized spacial score (nSPS) is 16.8. The molecule has 2 aromatic carbocycles. The van der Waals surface area contributed by atoms with Gasteiger partial charge in [0.25, 0.3) is 5.91 Å². The third-order valence-electron chi connectivity index (χ3n) is 7.12. The second kappa shape index (κ2) is 9.48. The number of methoxy groups -OCH3 is 1. The zero-order chi connectivity index (χ0) is 22.8. The molecule has 2 aliphatic carbocycles. The summed E-state index contributed by atoms with van der Waals surface area (Å²) in [7, 11) is 1.67. The molecule has 6 heteroatoms. The molecule has 0 aliphatic heterocycles. The van der Waals surface area contributed by atoms with Crippen molar-refractivity contribution in [3.63, 3.8) is 0 Å². The summed E-state index contributed by atoms with van der Waals surface area (Å²) in [6, 6.07) is 14.7. The van der Waals surface area contributed by atoms with Gasteiger partial charge in [-0.25, -0.2) is 0 Å². The number of benzene rings is 2. The van der Waals surface area contributed by atoms with Crippen molar-refractivity contribution < 1.29 is 14.3 Å². The molecule has 0 radical (unpaired) electrons. The molecule has 1 heterocycles. The number of hydrogen-bond donors (Lipinski definition) is 2. The van der Waals surface area contributed by atoms with Crippen molar-refractivity contribution in [2.24, 2.45) is 0 Å². The van der Waals surface area contributed by atoms with Crippen LogP contribution in [0.5, 0.6) is 5.75 Å². The molecule has 0 atom stereocenters. The fourth-order valence-electron chi connectivity index (χ4n) is 5.09. The zero-order valence-corrected chi connectivity index (χ0v) is 19.3. The van der Waals surface area contributed by atoms with Crippen LogP contribution < -0.4 is 15.8 Å². The van der Waals surface area contributed by atoms with E-state index in [4.69, 9.17) is 15.2 Å². The number of nitrogens with two attached hydrogens (primary N) is 1. The largest absolute Gasteiger partial charge is 0.491 e. The van der Waals surface area contributed by atoms with E-state index in [1.54, 1.807) is 7.11 Å². The molecule has 0 bridgehead atoms. The summed E-state index contributed by atoms with van der Waals surface area (Å²) in [4.78, 5) is 12.7. The SMILES string of the molecule is COCCOc1ccc2c(N)c(-c3ccc(C(=O)NC4CCCC4)cc3)n(C3CCC3)c2c1. The quantitative estimate of drug-likeness (QED) is 0.459. The van der Waals surface area contributed by atoms with Crippen LogP contribution in [0.1, 0.15) is 61.3 Å². The molecule has 3 aromatic rings. The number of anilines is 1. The number of fused-ring (bicyclic) bond motifs is 1. The van der Waals surface area contributed by atoms with E-state index in [9.17, 15) is 4.79 Å². The molecule has 6 nitrogen and oxygen atoms in total. The minimum Gasteiger partial charge on any atom is -0.491 e. The van der Waals surface area contributed by atoms with Gasteiger partial charge >= 0.3 is 0 Å². The Bertz CT molecular complexity index is 1130. The number of nitrogen functional groups attached to an aromatic ring is 1. The van der Waals surface area contributed by atoms with E-state index in [1.807, 2.05) is 30.3 Å². The molecule has 0 spiro atoms. The van der Waals surface area contributed by atoms with Gasteiger partial charge in [0.05, 0.1) is 23.5 Å². The summed E-state index contributed by atoms with van der Waals surface area (Å²) < 4.78 is 13.4. The maximum absolute atomic E-state index is 12.7. The highest BCUT2D eigenvalue weighted by atomic mass is 16.5. The van der Waals surface area contributed by atoms with E-state index in [-0.39, 0.29) is 5.91 Å². The Labute approximate surface area is 195 Å². The van der Waals surface area contributed by atoms with E-state index in [1.165, 1.54) is 19.3 Å². The smallest absolute Gasteiger partial charge is 0.251 e. The molecule has 0 saturated heterocycles. The van der Waals surface area contributed by atoms with E-state index in [0.29, 0.717) is 30.9 Å². The number of hydrogen-bond acceptors (Lipinski definition) is 4. The standard InChI is InChI=1S/C27H33N3O3/c1-32-15-16-33-22-13-14-23-24(17-22)30(21-7-4-8-21)26(25(23)28)18-9-11-19(12-10-18)27(31)29-20-5-2-3-6-20/h9-14,17,20-21H,2-8,15-16,28H2,1H3,(H,29,31). The number of carbonyl (C=O) groups is 1. The number of ether oxygens (including phenoxy) is 2. The van der Waals surface area contributed by atoms with Crippen LogP contribution in [0.15, 0.2) is 42.5 Å². The van der Waals surface area contributed by atoms with Crippen LogP contribution in [0.4, 0.5) is 5.69 Å². The van der Waals surface area contributed by atoms with Crippen molar-refractivity contribution in [3.8, 4) is 17.0 Å². The van der Waals surface area contributed by atoms with Crippen molar-refractivity contribution in [2.75, 3.05) is 26.1 Å². The van der Waals surface area contributed by atoms with Gasteiger partial charge in [-0.1, -0.05) is 25.0 Å². The summed E-state index contributed by atoms with van der Waals surface area (Å²) in [5, 5.41) is 4.21. The van der Waals surface area contributed by atoms with Gasteiger partial charge < -0.3 is 25.1 Å². The first-order chi connectivity index (χ1) is 16.2. The van der Waals surface area contributed by atoms with E-state index < -0.39 is 0 Å². The summed E-state index contributed by atoms with van der Waals surface area (Å²) in [6.07, 6.45) is 8.09. The number of nitrogens with zero attached hydrogens (tertiary/aromatic N) is 1. The third-order valence-corrected chi connectivity index (χ3v) is 7.12. The lowest BCUT2D eigenvalue weighted by molar-refractivity contribution is 0.0938. The summed E-state index contributed by atoms with van der Waals surface area (Å²) in [6.45, 7) is 1.06. The minimum absolute atomic E-state index is 0.0128. The van der Waals surface area contributed by atoms with E-state index >= 15 is 0 Å². The average molecular weight is 448 g/mol. The molecule has 2 saturated carbocycles. The van der Waals surface area contributed by atoms with Crippen LogP contribution >= 0.6 is 0 Å². The highest BCUT2D eigenvalue weighted by Crippen LogP contribution is 2.44. The van der Waals surface area contributed by atoms with Gasteiger partial charge in [-0.15, -0.1) is 0 Å². The molecule has 1 amide bonds. The summed E-state index contributed by atoms with van der Waals surface area (Å²) in [5.41, 5.74) is 11.4. The van der Waals surface area contributed by atoms with Crippen LogP contribution in [0.3, 0.4) is 0 Å². The second-order valence-electron chi connectivity index (χ2n) is 9.27. The average Bonchev–Trinajstić information content (AvgIpc) is 3.40. The van der Waals surface area contributed by atoms with Crippen LogP contribution in [0.25, 0.3) is 22.2 Å². The monoisotopic (exact) mass is 447 g/mol. The number of rotatable bonds is 8. The van der Waals surface area contributed by atoms with Crippen molar-refractivity contribution in [1.29, 1.82) is 0 Å². The van der Waals surface area contributed by atoms with Gasteiger partial charge in [0.15, 0.2) is 0 Å². The lowest BCUT2D eigenvalue weighted by Gasteiger charge is -2.30. The van der Waals surface area contributed by atoms with E-state index in [2.05, 4.69) is 22.0 Å². The Morgan fingerprint density at radius 3 is 2.45 bits per heavy atom. The van der Waals surface area contributed by atoms with Gasteiger partial charge in [-0.2, -0.15) is 0 Å². The molecule has 1 aromatic heterocycles. The summed E-state index contributed by atoms with van der Waals surface area (Å²) in [5.74, 6) is 0.835. The zero-order valence-electron chi connectivity index (χ0n) is 19.3. The lowest BCUT2D eigenvalue weighted by atomic mass is 9.92. The van der Waals surface area contributed by atoms with Crippen molar-refractivity contribution >= 4 is 22.5 Å². The van der Waals surface area contributed by atoms with Gasteiger partial charge in [0.1, 0.15) is 12.4 Å². The van der Waals surface area contributed by atoms with Crippen LogP contribution in [-0.2, 0) is 4.74 Å². The maximum atomic E-state index is 12.7. The first kappa shape index (κ1) is 21.8. The predicted molar refractivity (Wildman–Crippen MR) is 132 cm³/mol. The van der Waals surface area contributed by atoms with Crippen molar-refractivity contribution in [2.45, 2.75) is 57.0 Å². The molecule has 3 N–H and O–H groups in total. The highest BCUT2D eigenvalue weighted by molar-refractivity contribution is 6.02. The Hall–Kier alpha value is -2.99. The Morgan fingerprint density at radius 1 is 1.03 bits per heavy atom. The molecule has 5 rings (SSSR count). The number of carbonyl (C=O) groups excluding carboxylic acids is 1. The Kier molecular flexibility index (Phi) is 6.27. The number of aromatic nitrogens is 1. The van der Waals surface area contributed by atoms with Gasteiger partial charge in [-0.3, -0.25) is 4.79 Å². The topological polar surface area (TPSA) is 78.5 Å².